The van der Waals surface area contributed by atoms with E-state index >= 15 is 0 Å². The topological polar surface area (TPSA) is 56.7 Å². The van der Waals surface area contributed by atoms with E-state index in [0.29, 0.717) is 25.5 Å². The average molecular weight is 514 g/mol. The maximum absolute atomic E-state index is 13.7. The first-order chi connectivity index (χ1) is 11.0. The van der Waals surface area contributed by atoms with Crippen molar-refractivity contribution in [3.05, 3.63) is 34.1 Å². The number of guanidine groups is 1. The predicted molar refractivity (Wildman–Crippen MR) is 111 cm³/mol. The largest absolute Gasteiger partial charge is 0.388 e. The molecule has 0 atom stereocenters. The van der Waals surface area contributed by atoms with Crippen molar-refractivity contribution in [2.75, 3.05) is 19.6 Å². The minimum absolute atomic E-state index is 0. The fraction of sp³-hybridized carbons (Fsp3) is 0.588. The molecule has 1 aromatic rings. The summed E-state index contributed by atoms with van der Waals surface area (Å²) in [7, 11) is 0. The van der Waals surface area contributed by atoms with Gasteiger partial charge in [0.2, 0.25) is 0 Å². The lowest BCUT2D eigenvalue weighted by Crippen LogP contribution is -2.43. The van der Waals surface area contributed by atoms with Gasteiger partial charge in [-0.1, -0.05) is 22.0 Å². The number of nitrogens with zero attached hydrogens (tertiary/aromatic N) is 1. The van der Waals surface area contributed by atoms with Crippen LogP contribution in [0.25, 0.3) is 0 Å². The van der Waals surface area contributed by atoms with Crippen molar-refractivity contribution in [2.24, 2.45) is 4.99 Å². The zero-order chi connectivity index (χ0) is 16.7. The fourth-order valence-electron chi connectivity index (χ4n) is 2.52. The average Bonchev–Trinajstić information content (AvgIpc) is 2.48. The second-order valence-corrected chi connectivity index (χ2v) is 6.95. The van der Waals surface area contributed by atoms with E-state index in [-0.39, 0.29) is 29.8 Å². The Balaban J connectivity index is 0.00000288. The highest BCUT2D eigenvalue weighted by atomic mass is 127. The summed E-state index contributed by atoms with van der Waals surface area (Å²) in [4.78, 5) is 4.45. The van der Waals surface area contributed by atoms with Crippen LogP contribution >= 0.6 is 39.9 Å². The highest BCUT2D eigenvalue weighted by Crippen LogP contribution is 2.31. The van der Waals surface area contributed by atoms with Crippen LogP contribution in [0.3, 0.4) is 0 Å². The quantitative estimate of drug-likeness (QED) is 0.226. The van der Waals surface area contributed by atoms with E-state index in [9.17, 15) is 9.50 Å². The van der Waals surface area contributed by atoms with Gasteiger partial charge < -0.3 is 15.7 Å². The monoisotopic (exact) mass is 513 g/mol. The first-order valence-corrected chi connectivity index (χ1v) is 9.00. The van der Waals surface area contributed by atoms with Crippen molar-refractivity contribution in [3.63, 3.8) is 0 Å². The summed E-state index contributed by atoms with van der Waals surface area (Å²) in [6, 6.07) is 5.16. The summed E-state index contributed by atoms with van der Waals surface area (Å²) in [5, 5.41) is 16.5. The molecule has 1 aliphatic carbocycles. The van der Waals surface area contributed by atoms with Gasteiger partial charge in [-0.15, -0.1) is 24.0 Å². The summed E-state index contributed by atoms with van der Waals surface area (Å²) >= 11 is 3.26. The van der Waals surface area contributed by atoms with Gasteiger partial charge in [-0.2, -0.15) is 0 Å². The molecule has 0 aliphatic heterocycles. The van der Waals surface area contributed by atoms with Crippen LogP contribution < -0.4 is 10.6 Å². The maximum atomic E-state index is 13.7. The highest BCUT2D eigenvalue weighted by Gasteiger charge is 2.34. The Labute approximate surface area is 168 Å². The molecule has 0 saturated heterocycles. The van der Waals surface area contributed by atoms with Gasteiger partial charge >= 0.3 is 0 Å². The molecule has 1 aliphatic rings. The second-order valence-electron chi connectivity index (χ2n) is 6.04. The fourth-order valence-corrected chi connectivity index (χ4v) is 2.85. The van der Waals surface area contributed by atoms with Gasteiger partial charge in [-0.05, 0) is 56.7 Å². The van der Waals surface area contributed by atoms with Gasteiger partial charge in [0.05, 0.1) is 12.1 Å². The molecular formula is C17H26BrFIN3O. The number of hydrogen-bond acceptors (Lipinski definition) is 2. The van der Waals surface area contributed by atoms with E-state index in [1.54, 1.807) is 0 Å². The molecule has 0 aromatic heterocycles. The maximum Gasteiger partial charge on any atom is 0.191 e. The van der Waals surface area contributed by atoms with Crippen LogP contribution in [0, 0.1) is 5.82 Å². The minimum atomic E-state index is -0.608. The van der Waals surface area contributed by atoms with E-state index in [0.717, 1.165) is 42.3 Å². The van der Waals surface area contributed by atoms with Crippen molar-refractivity contribution < 1.29 is 9.50 Å². The van der Waals surface area contributed by atoms with Crippen molar-refractivity contribution in [1.82, 2.24) is 10.6 Å². The standard InChI is InChI=1S/C17H25BrFN3O.HI/c1-2-20-16(22-12-17(23)8-4-9-17)21-10-3-5-13-6-7-14(18)11-15(13)19;/h6-7,11,23H,2-5,8-10,12H2,1H3,(H2,20,21,22);1H. The van der Waals surface area contributed by atoms with E-state index in [1.807, 2.05) is 19.1 Å². The molecule has 136 valence electrons. The molecule has 0 heterocycles. The number of aryl methyl sites for hydroxylation is 1. The third kappa shape index (κ3) is 6.84. The van der Waals surface area contributed by atoms with Gasteiger partial charge in [-0.25, -0.2) is 4.39 Å². The van der Waals surface area contributed by atoms with Crippen LogP contribution in [0.2, 0.25) is 0 Å². The second kappa shape index (κ2) is 10.6. The molecule has 0 bridgehead atoms. The molecule has 2 rings (SSSR count). The van der Waals surface area contributed by atoms with Gasteiger partial charge in [0.1, 0.15) is 5.82 Å². The molecule has 0 radical (unpaired) electrons. The van der Waals surface area contributed by atoms with Crippen molar-refractivity contribution in [1.29, 1.82) is 0 Å². The van der Waals surface area contributed by atoms with Crippen molar-refractivity contribution in [3.8, 4) is 0 Å². The van der Waals surface area contributed by atoms with Gasteiger partial charge in [0.25, 0.3) is 0 Å². The Morgan fingerprint density at radius 3 is 2.71 bits per heavy atom. The number of rotatable bonds is 7. The Morgan fingerprint density at radius 1 is 1.38 bits per heavy atom. The van der Waals surface area contributed by atoms with E-state index in [2.05, 4.69) is 31.6 Å². The molecule has 1 aromatic carbocycles. The zero-order valence-electron chi connectivity index (χ0n) is 13.9. The van der Waals surface area contributed by atoms with E-state index in [4.69, 9.17) is 0 Å². The molecule has 1 fully saturated rings. The third-order valence-corrected chi connectivity index (χ3v) is 4.58. The Kier molecular flexibility index (Phi) is 9.51. The number of benzene rings is 1. The van der Waals surface area contributed by atoms with Crippen LogP contribution in [0.15, 0.2) is 27.7 Å². The summed E-state index contributed by atoms with van der Waals surface area (Å²) in [6.45, 7) is 3.92. The van der Waals surface area contributed by atoms with Gasteiger partial charge in [-0.3, -0.25) is 4.99 Å². The van der Waals surface area contributed by atoms with E-state index < -0.39 is 5.60 Å². The molecule has 4 nitrogen and oxygen atoms in total. The number of hydrogen-bond donors (Lipinski definition) is 3. The van der Waals surface area contributed by atoms with Gasteiger partial charge in [0, 0.05) is 17.6 Å². The van der Waals surface area contributed by atoms with E-state index in [1.165, 1.54) is 6.07 Å². The smallest absolute Gasteiger partial charge is 0.191 e. The Morgan fingerprint density at radius 2 is 2.12 bits per heavy atom. The molecule has 0 unspecified atom stereocenters. The summed E-state index contributed by atoms with van der Waals surface area (Å²) in [5.74, 6) is 0.538. The van der Waals surface area contributed by atoms with Crippen LogP contribution in [0.5, 0.6) is 0 Å². The Hall–Kier alpha value is -0.410. The molecular weight excluding hydrogens is 488 g/mol. The predicted octanol–water partition coefficient (Wildman–Crippen LogP) is 3.61. The number of halogens is 3. The lowest BCUT2D eigenvalue weighted by molar-refractivity contribution is -0.0236. The molecule has 24 heavy (non-hydrogen) atoms. The Bertz CT molecular complexity index is 553. The first-order valence-electron chi connectivity index (χ1n) is 8.21. The molecule has 1 saturated carbocycles. The summed E-state index contributed by atoms with van der Waals surface area (Å²) in [5.41, 5.74) is 0.115. The normalized spacial score (nSPS) is 16.1. The minimum Gasteiger partial charge on any atom is -0.388 e. The lowest BCUT2D eigenvalue weighted by atomic mass is 9.80. The van der Waals surface area contributed by atoms with Crippen molar-refractivity contribution >= 4 is 45.9 Å². The SMILES string of the molecule is CCNC(=NCC1(O)CCC1)NCCCc1ccc(Br)cc1F.I. The van der Waals surface area contributed by atoms with Crippen LogP contribution in [-0.2, 0) is 6.42 Å². The lowest BCUT2D eigenvalue weighted by Gasteiger charge is -2.35. The molecule has 3 N–H and O–H groups in total. The zero-order valence-corrected chi connectivity index (χ0v) is 17.9. The van der Waals surface area contributed by atoms with Crippen molar-refractivity contribution in [2.45, 2.75) is 44.6 Å². The highest BCUT2D eigenvalue weighted by molar-refractivity contribution is 14.0. The first kappa shape index (κ1) is 21.6. The molecule has 7 heteroatoms. The number of aliphatic imine (C=N–C) groups is 1. The van der Waals surface area contributed by atoms with Crippen LogP contribution in [-0.4, -0.2) is 36.3 Å². The summed E-state index contributed by atoms with van der Waals surface area (Å²) < 4.78 is 14.5. The third-order valence-electron chi connectivity index (χ3n) is 4.09. The summed E-state index contributed by atoms with van der Waals surface area (Å²) in [6.07, 6.45) is 4.23. The number of aliphatic hydroxyl groups is 1. The van der Waals surface area contributed by atoms with Crippen LogP contribution in [0.1, 0.15) is 38.2 Å². The molecule has 0 spiro atoms. The van der Waals surface area contributed by atoms with Gasteiger partial charge in [0.15, 0.2) is 5.96 Å². The molecule has 0 amide bonds. The number of nitrogens with one attached hydrogen (secondary N) is 2. The van der Waals surface area contributed by atoms with Crippen LogP contribution in [0.4, 0.5) is 4.39 Å².